The molecule has 2 N–H and O–H groups in total. The first-order valence-corrected chi connectivity index (χ1v) is 6.90. The Morgan fingerprint density at radius 3 is 2.47 bits per heavy atom. The van der Waals surface area contributed by atoms with Crippen LogP contribution < -0.4 is 5.73 Å². The van der Waals surface area contributed by atoms with E-state index in [0.29, 0.717) is 12.5 Å². The molecule has 0 aliphatic carbocycles. The first-order valence-electron chi connectivity index (χ1n) is 6.90. The van der Waals surface area contributed by atoms with Gasteiger partial charge in [-0.1, -0.05) is 27.2 Å². The molecule has 0 spiro atoms. The van der Waals surface area contributed by atoms with E-state index in [0.717, 1.165) is 31.6 Å². The van der Waals surface area contributed by atoms with Gasteiger partial charge < -0.3 is 10.6 Å². The molecular formula is C15H24F2N2. The highest BCUT2D eigenvalue weighted by Crippen LogP contribution is 2.18. The van der Waals surface area contributed by atoms with Crippen LogP contribution in [-0.4, -0.2) is 24.5 Å². The molecule has 2 nitrogen and oxygen atoms in total. The zero-order valence-corrected chi connectivity index (χ0v) is 12.0. The van der Waals surface area contributed by atoms with Crippen molar-refractivity contribution >= 4 is 0 Å². The molecule has 0 aromatic heterocycles. The Kier molecular flexibility index (Phi) is 6.38. The predicted molar refractivity (Wildman–Crippen MR) is 74.9 cm³/mol. The molecule has 0 saturated heterocycles. The van der Waals surface area contributed by atoms with Crippen LogP contribution in [0, 0.1) is 17.6 Å². The summed E-state index contributed by atoms with van der Waals surface area (Å²) in [6.45, 7) is 8.70. The van der Waals surface area contributed by atoms with Crippen molar-refractivity contribution in [1.82, 2.24) is 4.90 Å². The predicted octanol–water partition coefficient (Wildman–Crippen LogP) is 3.33. The summed E-state index contributed by atoms with van der Waals surface area (Å²) in [6.07, 6.45) is 1.10. The highest BCUT2D eigenvalue weighted by Gasteiger charge is 2.16. The van der Waals surface area contributed by atoms with Crippen molar-refractivity contribution in [2.24, 2.45) is 11.7 Å². The van der Waals surface area contributed by atoms with Gasteiger partial charge in [0, 0.05) is 24.7 Å². The second-order valence-electron chi connectivity index (χ2n) is 5.14. The fourth-order valence-electron chi connectivity index (χ4n) is 2.08. The lowest BCUT2D eigenvalue weighted by molar-refractivity contribution is 0.231. The second kappa shape index (κ2) is 7.56. The molecule has 0 aliphatic rings. The van der Waals surface area contributed by atoms with E-state index >= 15 is 0 Å². The number of hydrogen-bond donors (Lipinski definition) is 1. The lowest BCUT2D eigenvalue weighted by atomic mass is 10.0. The smallest absolute Gasteiger partial charge is 0.128 e. The summed E-state index contributed by atoms with van der Waals surface area (Å²) in [5.74, 6) is -0.310. The van der Waals surface area contributed by atoms with Crippen LogP contribution in [0.25, 0.3) is 0 Å². The van der Waals surface area contributed by atoms with Crippen molar-refractivity contribution in [3.05, 3.63) is 35.4 Å². The average molecular weight is 270 g/mol. The third-order valence-corrected chi connectivity index (χ3v) is 3.53. The van der Waals surface area contributed by atoms with Crippen LogP contribution in [-0.2, 0) is 0 Å². The highest BCUT2D eigenvalue weighted by atomic mass is 19.1. The molecule has 108 valence electrons. The van der Waals surface area contributed by atoms with Crippen LogP contribution >= 0.6 is 0 Å². The van der Waals surface area contributed by atoms with Crippen LogP contribution in [0.3, 0.4) is 0 Å². The summed E-state index contributed by atoms with van der Waals surface area (Å²) in [5, 5.41) is 0. The Morgan fingerprint density at radius 1 is 1.21 bits per heavy atom. The van der Waals surface area contributed by atoms with Gasteiger partial charge in [-0.05, 0) is 30.7 Å². The van der Waals surface area contributed by atoms with Gasteiger partial charge in [0.15, 0.2) is 0 Å². The third kappa shape index (κ3) is 4.88. The lowest BCUT2D eigenvalue weighted by Crippen LogP contribution is -2.35. The third-order valence-electron chi connectivity index (χ3n) is 3.53. The van der Waals surface area contributed by atoms with Crippen molar-refractivity contribution < 1.29 is 8.78 Å². The Balaban J connectivity index is 2.71. The topological polar surface area (TPSA) is 29.3 Å². The minimum absolute atomic E-state index is 0.252. The molecule has 0 amide bonds. The zero-order valence-electron chi connectivity index (χ0n) is 12.0. The normalized spacial score (nSPS) is 14.7. The van der Waals surface area contributed by atoms with Gasteiger partial charge >= 0.3 is 0 Å². The van der Waals surface area contributed by atoms with Crippen LogP contribution in [0.1, 0.15) is 38.8 Å². The van der Waals surface area contributed by atoms with Gasteiger partial charge in [0.2, 0.25) is 0 Å². The van der Waals surface area contributed by atoms with Crippen molar-refractivity contribution in [3.8, 4) is 0 Å². The van der Waals surface area contributed by atoms with Crippen molar-refractivity contribution in [2.75, 3.05) is 19.6 Å². The van der Waals surface area contributed by atoms with E-state index in [1.165, 1.54) is 6.07 Å². The molecule has 0 bridgehead atoms. The molecule has 2 unspecified atom stereocenters. The molecule has 1 aromatic carbocycles. The van der Waals surface area contributed by atoms with Gasteiger partial charge in [-0.3, -0.25) is 0 Å². The molecule has 0 heterocycles. The van der Waals surface area contributed by atoms with E-state index in [-0.39, 0.29) is 5.56 Å². The zero-order chi connectivity index (χ0) is 14.4. The highest BCUT2D eigenvalue weighted by molar-refractivity contribution is 5.22. The van der Waals surface area contributed by atoms with Gasteiger partial charge in [0.05, 0.1) is 0 Å². The molecule has 4 heteroatoms. The molecule has 1 aromatic rings. The minimum atomic E-state index is -0.500. The summed E-state index contributed by atoms with van der Waals surface area (Å²) in [4.78, 5) is 2.18. The number of rotatable bonds is 7. The molecular weight excluding hydrogens is 246 g/mol. The number of nitrogens with zero attached hydrogens (tertiary/aromatic N) is 1. The van der Waals surface area contributed by atoms with E-state index < -0.39 is 17.7 Å². The number of halogens is 2. The maximum Gasteiger partial charge on any atom is 0.128 e. The van der Waals surface area contributed by atoms with Crippen LogP contribution in [0.2, 0.25) is 0 Å². The van der Waals surface area contributed by atoms with Gasteiger partial charge in [-0.2, -0.15) is 0 Å². The number of nitrogens with two attached hydrogens (primary N) is 1. The molecule has 2 atom stereocenters. The molecule has 1 rings (SSSR count). The molecule has 19 heavy (non-hydrogen) atoms. The van der Waals surface area contributed by atoms with Gasteiger partial charge in [-0.15, -0.1) is 0 Å². The van der Waals surface area contributed by atoms with E-state index in [1.807, 2.05) is 0 Å². The molecule has 0 radical (unpaired) electrons. The van der Waals surface area contributed by atoms with Gasteiger partial charge in [-0.25, -0.2) is 8.78 Å². The van der Waals surface area contributed by atoms with Gasteiger partial charge in [0.25, 0.3) is 0 Å². The number of likely N-dealkylation sites (N-methyl/N-ethyl adjacent to an activating group) is 1. The van der Waals surface area contributed by atoms with E-state index in [4.69, 9.17) is 5.73 Å². The SMILES string of the molecule is CCC(C)CN(CC)CC(N)c1cc(F)ccc1F. The standard InChI is InChI=1S/C15H24F2N2/c1-4-11(3)9-19(5-2)10-15(18)13-8-12(16)6-7-14(13)17/h6-8,11,15H,4-5,9-10,18H2,1-3H3. The first-order chi connectivity index (χ1) is 8.97. The molecule has 0 saturated carbocycles. The summed E-state index contributed by atoms with van der Waals surface area (Å²) >= 11 is 0. The van der Waals surface area contributed by atoms with E-state index in [1.54, 1.807) is 0 Å². The van der Waals surface area contributed by atoms with Crippen molar-refractivity contribution in [2.45, 2.75) is 33.2 Å². The molecule has 0 aliphatic heterocycles. The largest absolute Gasteiger partial charge is 0.323 e. The summed E-state index contributed by atoms with van der Waals surface area (Å²) < 4.78 is 26.8. The van der Waals surface area contributed by atoms with Crippen LogP contribution in [0.15, 0.2) is 18.2 Å². The average Bonchev–Trinajstić information content (AvgIpc) is 2.40. The minimum Gasteiger partial charge on any atom is -0.323 e. The van der Waals surface area contributed by atoms with Crippen molar-refractivity contribution in [3.63, 3.8) is 0 Å². The number of hydrogen-bond acceptors (Lipinski definition) is 2. The maximum absolute atomic E-state index is 13.6. The second-order valence-corrected chi connectivity index (χ2v) is 5.14. The quantitative estimate of drug-likeness (QED) is 0.823. The Bertz CT molecular complexity index is 396. The maximum atomic E-state index is 13.6. The Hall–Kier alpha value is -1.00. The number of benzene rings is 1. The lowest BCUT2D eigenvalue weighted by Gasteiger charge is -2.27. The summed E-state index contributed by atoms with van der Waals surface area (Å²) in [6, 6.07) is 2.94. The fourth-order valence-corrected chi connectivity index (χ4v) is 2.08. The Morgan fingerprint density at radius 2 is 1.89 bits per heavy atom. The van der Waals surface area contributed by atoms with E-state index in [2.05, 4.69) is 25.7 Å². The first kappa shape index (κ1) is 16.1. The fraction of sp³-hybridized carbons (Fsp3) is 0.600. The van der Waals surface area contributed by atoms with Crippen LogP contribution in [0.4, 0.5) is 8.78 Å². The molecule has 0 fully saturated rings. The monoisotopic (exact) mass is 270 g/mol. The summed E-state index contributed by atoms with van der Waals surface area (Å²) in [5.41, 5.74) is 6.26. The van der Waals surface area contributed by atoms with Gasteiger partial charge in [0.1, 0.15) is 11.6 Å². The van der Waals surface area contributed by atoms with E-state index in [9.17, 15) is 8.78 Å². The summed E-state index contributed by atoms with van der Waals surface area (Å²) in [7, 11) is 0. The van der Waals surface area contributed by atoms with Crippen LogP contribution in [0.5, 0.6) is 0 Å². The van der Waals surface area contributed by atoms with Crippen molar-refractivity contribution in [1.29, 1.82) is 0 Å². The Labute approximate surface area is 114 Å².